The van der Waals surface area contributed by atoms with Gasteiger partial charge < -0.3 is 4.90 Å². The van der Waals surface area contributed by atoms with E-state index in [1.165, 1.54) is 0 Å². The third-order valence-corrected chi connectivity index (χ3v) is 6.18. The SMILES string of the molecule is C=C/C=C\C.C=C/C=C\C/C(=C\C)C(c1ccccc1)N1C(=O)C(=CC)/C=C(N(C)/C=C/C(=C)C)\C=C/CN=C1C. The van der Waals surface area contributed by atoms with Crippen LogP contribution < -0.4 is 0 Å². The number of allylic oxidation sites excluding steroid dienone is 11. The summed E-state index contributed by atoms with van der Waals surface area (Å²) in [5, 5.41) is 0. The zero-order valence-corrected chi connectivity index (χ0v) is 25.8. The molecule has 4 nitrogen and oxygen atoms in total. The van der Waals surface area contributed by atoms with Crippen LogP contribution in [0.5, 0.6) is 0 Å². The van der Waals surface area contributed by atoms with Crippen molar-refractivity contribution in [3.8, 4) is 0 Å². The van der Waals surface area contributed by atoms with Crippen molar-refractivity contribution >= 4 is 11.7 Å². The monoisotopic (exact) mass is 549 g/mol. The summed E-state index contributed by atoms with van der Waals surface area (Å²) in [4.78, 5) is 22.8. The van der Waals surface area contributed by atoms with Gasteiger partial charge >= 0.3 is 0 Å². The van der Waals surface area contributed by atoms with E-state index in [-0.39, 0.29) is 11.9 Å². The van der Waals surface area contributed by atoms with E-state index in [0.717, 1.165) is 22.4 Å². The van der Waals surface area contributed by atoms with Gasteiger partial charge in [-0.25, -0.2) is 0 Å². The van der Waals surface area contributed by atoms with Crippen molar-refractivity contribution in [1.29, 1.82) is 0 Å². The first-order valence-electron chi connectivity index (χ1n) is 13.9. The molecular formula is C37H47N3O. The number of carbonyl (C=O) groups excluding carboxylic acids is 1. The molecule has 0 bridgehead atoms. The molecule has 1 aliphatic heterocycles. The van der Waals surface area contributed by atoms with Crippen molar-refractivity contribution in [2.24, 2.45) is 4.99 Å². The molecule has 0 spiro atoms. The molecule has 0 aromatic heterocycles. The van der Waals surface area contributed by atoms with Crippen molar-refractivity contribution in [2.75, 3.05) is 13.6 Å². The number of rotatable bonds is 10. The highest BCUT2D eigenvalue weighted by molar-refractivity contribution is 6.07. The molecule has 41 heavy (non-hydrogen) atoms. The minimum Gasteiger partial charge on any atom is -0.351 e. The van der Waals surface area contributed by atoms with E-state index in [0.29, 0.717) is 24.4 Å². The highest BCUT2D eigenvalue weighted by atomic mass is 16.2. The molecule has 2 rings (SSSR count). The molecule has 1 aromatic carbocycles. The summed E-state index contributed by atoms with van der Waals surface area (Å²) in [5.74, 6) is 0.585. The lowest BCUT2D eigenvalue weighted by molar-refractivity contribution is -0.124. The molecule has 0 radical (unpaired) electrons. The van der Waals surface area contributed by atoms with Crippen LogP contribution in [0.25, 0.3) is 0 Å². The second-order valence-electron chi connectivity index (χ2n) is 9.36. The number of amidine groups is 1. The van der Waals surface area contributed by atoms with Gasteiger partial charge in [0.2, 0.25) is 0 Å². The molecule has 0 N–H and O–H groups in total. The second-order valence-corrected chi connectivity index (χ2v) is 9.36. The molecule has 1 amide bonds. The summed E-state index contributed by atoms with van der Waals surface area (Å²) in [6.45, 7) is 21.4. The topological polar surface area (TPSA) is 35.9 Å². The third-order valence-electron chi connectivity index (χ3n) is 6.18. The Kier molecular flexibility index (Phi) is 16.5. The van der Waals surface area contributed by atoms with Crippen LogP contribution in [0.3, 0.4) is 0 Å². The van der Waals surface area contributed by atoms with E-state index >= 15 is 0 Å². The Morgan fingerprint density at radius 3 is 2.34 bits per heavy atom. The molecule has 1 heterocycles. The van der Waals surface area contributed by atoms with Gasteiger partial charge in [0, 0.05) is 24.5 Å². The average Bonchev–Trinajstić information content (AvgIpc) is 2.97. The summed E-state index contributed by atoms with van der Waals surface area (Å²) in [5.41, 5.74) is 4.58. The van der Waals surface area contributed by atoms with Gasteiger partial charge in [0.05, 0.1) is 12.6 Å². The van der Waals surface area contributed by atoms with Crippen molar-refractivity contribution in [1.82, 2.24) is 9.80 Å². The molecule has 1 atom stereocenters. The number of amides is 1. The number of hydrogen-bond donors (Lipinski definition) is 0. The molecule has 0 saturated heterocycles. The van der Waals surface area contributed by atoms with Gasteiger partial charge in [0.1, 0.15) is 5.84 Å². The quantitative estimate of drug-likeness (QED) is 0.166. The van der Waals surface area contributed by atoms with E-state index in [1.807, 2.05) is 124 Å². The summed E-state index contributed by atoms with van der Waals surface area (Å²) in [7, 11) is 1.96. The normalized spacial score (nSPS) is 18.4. The van der Waals surface area contributed by atoms with Crippen molar-refractivity contribution in [2.45, 2.75) is 47.1 Å². The molecule has 0 aliphatic carbocycles. The van der Waals surface area contributed by atoms with Crippen LogP contribution in [0.1, 0.15) is 52.6 Å². The zero-order valence-electron chi connectivity index (χ0n) is 25.8. The lowest BCUT2D eigenvalue weighted by atomic mass is 9.93. The van der Waals surface area contributed by atoms with Gasteiger partial charge in [0.25, 0.3) is 5.91 Å². The van der Waals surface area contributed by atoms with Crippen molar-refractivity contribution < 1.29 is 4.79 Å². The van der Waals surface area contributed by atoms with Crippen LogP contribution in [0, 0.1) is 0 Å². The first kappa shape index (κ1) is 34.6. The Hall–Kier alpha value is -4.44. The predicted octanol–water partition coefficient (Wildman–Crippen LogP) is 9.22. The standard InChI is InChI=1S/C32H39N3O.C5H8/c1-8-11-13-17-27(9-2)31(29-18-14-12-15-19-29)35-26(6)33-22-16-20-30(24-28(10-3)32(35)36)34(7)23-21-25(4)5;1-3-5-4-2/h8-16,18-21,23-24,31H,1,4,17,22H2,2-3,5-7H3;3-5H,1H2,2H3/b13-11-,20-16-,23-21+,27-9+,28-10?,30-24+,33-26?;5-4-. The third kappa shape index (κ3) is 11.7. The van der Waals surface area contributed by atoms with Crippen molar-refractivity contribution in [3.63, 3.8) is 0 Å². The summed E-state index contributed by atoms with van der Waals surface area (Å²) >= 11 is 0. The fourth-order valence-corrected chi connectivity index (χ4v) is 4.03. The van der Waals surface area contributed by atoms with Crippen LogP contribution in [-0.2, 0) is 4.79 Å². The fraction of sp³-hybridized carbons (Fsp3) is 0.243. The van der Waals surface area contributed by atoms with Crippen LogP contribution >= 0.6 is 0 Å². The summed E-state index contributed by atoms with van der Waals surface area (Å²) in [6.07, 6.45) is 25.8. The summed E-state index contributed by atoms with van der Waals surface area (Å²) < 4.78 is 0. The van der Waals surface area contributed by atoms with Gasteiger partial charge in [-0.05, 0) is 70.4 Å². The van der Waals surface area contributed by atoms with Gasteiger partial charge in [-0.3, -0.25) is 14.7 Å². The first-order chi connectivity index (χ1) is 19.7. The molecule has 4 heteroatoms. The van der Waals surface area contributed by atoms with Gasteiger partial charge in [0.15, 0.2) is 0 Å². The first-order valence-corrected chi connectivity index (χ1v) is 13.9. The molecule has 1 aliphatic rings. The molecule has 1 unspecified atom stereocenters. The smallest absolute Gasteiger partial charge is 0.259 e. The minimum atomic E-state index is -0.293. The Labute approximate surface area is 248 Å². The number of aliphatic imine (C=N–C) groups is 1. The number of carbonyl (C=O) groups is 1. The number of benzene rings is 1. The molecule has 1 aromatic rings. The highest BCUT2D eigenvalue weighted by Gasteiger charge is 2.31. The zero-order chi connectivity index (χ0) is 30.6. The van der Waals surface area contributed by atoms with E-state index in [1.54, 1.807) is 12.2 Å². The Bertz CT molecular complexity index is 1270. The molecular weight excluding hydrogens is 502 g/mol. The number of nitrogens with zero attached hydrogens (tertiary/aromatic N) is 3. The maximum absolute atomic E-state index is 14.2. The molecule has 0 saturated carbocycles. The second kappa shape index (κ2) is 19.6. The lowest BCUT2D eigenvalue weighted by Crippen LogP contribution is -2.40. The summed E-state index contributed by atoms with van der Waals surface area (Å²) in [6, 6.07) is 9.85. The molecule has 0 fully saturated rings. The van der Waals surface area contributed by atoms with Crippen molar-refractivity contribution in [3.05, 3.63) is 157 Å². The van der Waals surface area contributed by atoms with E-state index < -0.39 is 0 Å². The van der Waals surface area contributed by atoms with Crippen LogP contribution in [0.4, 0.5) is 0 Å². The number of likely N-dealkylation sites (N-methyl/N-ethyl adjacent to an activating group) is 1. The van der Waals surface area contributed by atoms with E-state index in [4.69, 9.17) is 4.99 Å². The van der Waals surface area contributed by atoms with Gasteiger partial charge in [-0.2, -0.15) is 0 Å². The van der Waals surface area contributed by atoms with E-state index in [9.17, 15) is 4.79 Å². The van der Waals surface area contributed by atoms with Crippen LogP contribution in [-0.4, -0.2) is 35.1 Å². The Morgan fingerprint density at radius 1 is 1.12 bits per heavy atom. The van der Waals surface area contributed by atoms with Gasteiger partial charge in [-0.1, -0.05) is 110 Å². The average molecular weight is 550 g/mol. The largest absolute Gasteiger partial charge is 0.351 e. The van der Waals surface area contributed by atoms with Crippen LogP contribution in [0.15, 0.2) is 157 Å². The fourth-order valence-electron chi connectivity index (χ4n) is 4.03. The van der Waals surface area contributed by atoms with Gasteiger partial charge in [-0.15, -0.1) is 0 Å². The highest BCUT2D eigenvalue weighted by Crippen LogP contribution is 2.33. The van der Waals surface area contributed by atoms with E-state index in [2.05, 4.69) is 44.0 Å². The maximum Gasteiger partial charge on any atom is 0.259 e. The Balaban J connectivity index is 0.00000154. The maximum atomic E-state index is 14.2. The minimum absolute atomic E-state index is 0.0928. The molecule has 216 valence electrons. The predicted molar refractivity (Wildman–Crippen MR) is 179 cm³/mol. The number of hydrogen-bond acceptors (Lipinski definition) is 3. The Morgan fingerprint density at radius 2 is 1.80 bits per heavy atom. The van der Waals surface area contributed by atoms with Crippen LogP contribution in [0.2, 0.25) is 0 Å². The lowest BCUT2D eigenvalue weighted by Gasteiger charge is -2.34.